The van der Waals surface area contributed by atoms with Crippen LogP contribution in [0, 0.1) is 5.82 Å². The lowest BCUT2D eigenvalue weighted by Gasteiger charge is -2.08. The second kappa shape index (κ2) is 9.47. The summed E-state index contributed by atoms with van der Waals surface area (Å²) in [7, 11) is 0. The van der Waals surface area contributed by atoms with Gasteiger partial charge in [-0.15, -0.1) is 16.4 Å². The largest absolute Gasteiger partial charge is 0.450 e. The second-order valence-electron chi connectivity index (χ2n) is 6.35. The van der Waals surface area contributed by atoms with Gasteiger partial charge in [-0.05, 0) is 47.8 Å². The first-order valence-electron chi connectivity index (χ1n) is 9.10. The Morgan fingerprint density at radius 2 is 1.78 bits per heavy atom. The highest BCUT2D eigenvalue weighted by Crippen LogP contribution is 2.30. The van der Waals surface area contributed by atoms with E-state index in [2.05, 4.69) is 15.4 Å². The van der Waals surface area contributed by atoms with Crippen LogP contribution in [0.1, 0.15) is 10.6 Å². The van der Waals surface area contributed by atoms with Crippen LogP contribution < -0.4 is 5.32 Å². The summed E-state index contributed by atoms with van der Waals surface area (Å²) >= 11 is 13.4. The lowest BCUT2D eigenvalue weighted by Crippen LogP contribution is -2.21. The minimum absolute atomic E-state index is 0.218. The van der Waals surface area contributed by atoms with Crippen molar-refractivity contribution in [3.05, 3.63) is 81.7 Å². The molecule has 2 aromatic heterocycles. The van der Waals surface area contributed by atoms with Crippen LogP contribution in [0.25, 0.3) is 16.4 Å². The number of thiophene rings is 1. The Bertz CT molecular complexity index is 1260. The maximum Gasteiger partial charge on any atom is 0.378 e. The summed E-state index contributed by atoms with van der Waals surface area (Å²) in [6, 6.07) is 14.0. The van der Waals surface area contributed by atoms with Crippen LogP contribution in [0.15, 0.2) is 60.0 Å². The smallest absolute Gasteiger partial charge is 0.378 e. The molecule has 2 heterocycles. The van der Waals surface area contributed by atoms with Crippen LogP contribution in [0.5, 0.6) is 0 Å². The number of carbonyl (C=O) groups excluding carboxylic acids is 2. The van der Waals surface area contributed by atoms with Crippen molar-refractivity contribution < 1.29 is 18.7 Å². The first-order chi connectivity index (χ1) is 15.4. The van der Waals surface area contributed by atoms with Gasteiger partial charge in [0.05, 0.1) is 26.3 Å². The van der Waals surface area contributed by atoms with Crippen LogP contribution in [-0.2, 0) is 9.53 Å². The molecule has 7 nitrogen and oxygen atoms in total. The zero-order chi connectivity index (χ0) is 22.7. The van der Waals surface area contributed by atoms with Gasteiger partial charge in [0.2, 0.25) is 0 Å². The lowest BCUT2D eigenvalue weighted by atomic mass is 10.3. The SMILES string of the molecule is O=C(COC(=O)c1nc(-c2cccs2)n(-c2ccc(F)cc2)n1)Nc1c(Cl)cccc1Cl. The van der Waals surface area contributed by atoms with Crippen molar-refractivity contribution in [2.24, 2.45) is 0 Å². The normalized spacial score (nSPS) is 10.7. The van der Waals surface area contributed by atoms with Crippen LogP contribution in [-0.4, -0.2) is 33.2 Å². The van der Waals surface area contributed by atoms with Gasteiger partial charge >= 0.3 is 5.97 Å². The Labute approximate surface area is 195 Å². The summed E-state index contributed by atoms with van der Waals surface area (Å²) in [6.07, 6.45) is 0. The minimum atomic E-state index is -0.899. The molecule has 0 saturated carbocycles. The Morgan fingerprint density at radius 1 is 1.06 bits per heavy atom. The van der Waals surface area contributed by atoms with Crippen molar-refractivity contribution in [2.75, 3.05) is 11.9 Å². The highest BCUT2D eigenvalue weighted by molar-refractivity contribution is 7.13. The number of esters is 1. The van der Waals surface area contributed by atoms with E-state index in [0.29, 0.717) is 11.5 Å². The van der Waals surface area contributed by atoms with Crippen LogP contribution >= 0.6 is 34.5 Å². The number of ether oxygens (including phenoxy) is 1. The van der Waals surface area contributed by atoms with Gasteiger partial charge in [-0.3, -0.25) is 4.79 Å². The molecule has 0 bridgehead atoms. The molecule has 2 aromatic carbocycles. The molecule has 0 fully saturated rings. The maximum absolute atomic E-state index is 13.3. The molecule has 4 aromatic rings. The molecule has 0 unspecified atom stereocenters. The van der Waals surface area contributed by atoms with Crippen molar-refractivity contribution >= 4 is 52.1 Å². The molecular formula is C21H13Cl2FN4O3S. The van der Waals surface area contributed by atoms with Crippen molar-refractivity contribution in [3.8, 4) is 16.4 Å². The molecule has 0 spiro atoms. The summed E-state index contributed by atoms with van der Waals surface area (Å²) in [4.78, 5) is 29.7. The fourth-order valence-corrected chi connectivity index (χ4v) is 3.90. The number of anilines is 1. The van der Waals surface area contributed by atoms with E-state index >= 15 is 0 Å². The Hall–Kier alpha value is -3.27. The van der Waals surface area contributed by atoms with Gasteiger partial charge in [0.1, 0.15) is 5.82 Å². The molecular weight excluding hydrogens is 478 g/mol. The number of nitrogens with zero attached hydrogens (tertiary/aromatic N) is 3. The third kappa shape index (κ3) is 4.80. The molecule has 0 radical (unpaired) electrons. The number of halogens is 3. The summed E-state index contributed by atoms with van der Waals surface area (Å²) in [5.41, 5.74) is 0.725. The number of para-hydroxylation sites is 1. The third-order valence-corrected chi connectivity index (χ3v) is 5.66. The van der Waals surface area contributed by atoms with E-state index in [1.54, 1.807) is 18.2 Å². The summed E-state index contributed by atoms with van der Waals surface area (Å²) in [6.45, 7) is -0.597. The molecule has 4 rings (SSSR count). The topological polar surface area (TPSA) is 86.1 Å². The van der Waals surface area contributed by atoms with E-state index in [0.717, 1.165) is 4.88 Å². The quantitative estimate of drug-likeness (QED) is 0.373. The maximum atomic E-state index is 13.3. The highest BCUT2D eigenvalue weighted by Gasteiger charge is 2.21. The van der Waals surface area contributed by atoms with Crippen molar-refractivity contribution in [2.45, 2.75) is 0 Å². The zero-order valence-electron chi connectivity index (χ0n) is 16.1. The van der Waals surface area contributed by atoms with E-state index < -0.39 is 24.3 Å². The average molecular weight is 491 g/mol. The van der Waals surface area contributed by atoms with Gasteiger partial charge in [-0.25, -0.2) is 13.9 Å². The van der Waals surface area contributed by atoms with E-state index in [1.165, 1.54) is 40.3 Å². The van der Waals surface area contributed by atoms with Crippen molar-refractivity contribution in [1.82, 2.24) is 14.8 Å². The van der Waals surface area contributed by atoms with Gasteiger partial charge in [-0.2, -0.15) is 4.98 Å². The molecule has 0 atom stereocenters. The van der Waals surface area contributed by atoms with E-state index in [4.69, 9.17) is 27.9 Å². The number of aromatic nitrogens is 3. The van der Waals surface area contributed by atoms with Crippen LogP contribution in [0.4, 0.5) is 10.1 Å². The molecule has 11 heteroatoms. The minimum Gasteiger partial charge on any atom is -0.450 e. The second-order valence-corrected chi connectivity index (χ2v) is 8.11. The number of nitrogens with one attached hydrogen (secondary N) is 1. The number of rotatable bonds is 6. The van der Waals surface area contributed by atoms with Gasteiger partial charge < -0.3 is 10.1 Å². The Morgan fingerprint density at radius 3 is 2.44 bits per heavy atom. The van der Waals surface area contributed by atoms with Crippen molar-refractivity contribution in [3.63, 3.8) is 0 Å². The van der Waals surface area contributed by atoms with Gasteiger partial charge in [0.25, 0.3) is 11.7 Å². The van der Waals surface area contributed by atoms with Crippen LogP contribution in [0.2, 0.25) is 10.0 Å². The zero-order valence-corrected chi connectivity index (χ0v) is 18.4. The number of amides is 1. The van der Waals surface area contributed by atoms with E-state index in [-0.39, 0.29) is 21.6 Å². The molecule has 32 heavy (non-hydrogen) atoms. The number of hydrogen-bond acceptors (Lipinski definition) is 6. The molecule has 1 amide bonds. The predicted molar refractivity (Wildman–Crippen MR) is 120 cm³/mol. The third-order valence-electron chi connectivity index (χ3n) is 4.16. The van der Waals surface area contributed by atoms with Crippen LogP contribution in [0.3, 0.4) is 0 Å². The molecule has 0 aliphatic heterocycles. The lowest BCUT2D eigenvalue weighted by molar-refractivity contribution is -0.119. The summed E-state index contributed by atoms with van der Waals surface area (Å²) in [5, 5.41) is 9.04. The standard InChI is InChI=1S/C21H13Cl2FN4O3S/c22-14-3-1-4-15(23)18(14)25-17(29)11-31-21(30)19-26-20(16-5-2-10-32-16)28(27-19)13-8-6-12(24)7-9-13/h1-10H,11H2,(H,25,29). The first kappa shape index (κ1) is 21.9. The highest BCUT2D eigenvalue weighted by atomic mass is 35.5. The summed E-state index contributed by atoms with van der Waals surface area (Å²) < 4.78 is 19.8. The molecule has 1 N–H and O–H groups in total. The Kier molecular flexibility index (Phi) is 6.50. The number of carbonyl (C=O) groups is 2. The fourth-order valence-electron chi connectivity index (χ4n) is 2.71. The number of benzene rings is 2. The predicted octanol–water partition coefficient (Wildman–Crippen LogP) is 5.24. The fraction of sp³-hybridized carbons (Fsp3) is 0.0476. The molecule has 162 valence electrons. The average Bonchev–Trinajstić information content (AvgIpc) is 3.45. The molecule has 0 aliphatic rings. The number of hydrogen-bond donors (Lipinski definition) is 1. The summed E-state index contributed by atoms with van der Waals surface area (Å²) in [5.74, 6) is -1.81. The van der Waals surface area contributed by atoms with Gasteiger partial charge in [0.15, 0.2) is 12.4 Å². The molecule has 0 aliphatic carbocycles. The Balaban J connectivity index is 1.52. The van der Waals surface area contributed by atoms with Gasteiger partial charge in [0, 0.05) is 0 Å². The first-order valence-corrected chi connectivity index (χ1v) is 10.7. The van der Waals surface area contributed by atoms with E-state index in [9.17, 15) is 14.0 Å². The van der Waals surface area contributed by atoms with Gasteiger partial charge in [-0.1, -0.05) is 35.3 Å². The van der Waals surface area contributed by atoms with Crippen molar-refractivity contribution in [1.29, 1.82) is 0 Å². The van der Waals surface area contributed by atoms with E-state index in [1.807, 2.05) is 17.5 Å². The monoisotopic (exact) mass is 490 g/mol. The molecule has 0 saturated heterocycles.